The van der Waals surface area contributed by atoms with Crippen molar-refractivity contribution >= 4 is 22.9 Å². The molecular formula is C24H28N2O2S. The number of hydrogen-bond acceptors (Lipinski definition) is 4. The topological polar surface area (TPSA) is 51.2 Å². The molecule has 3 rings (SSSR count). The lowest BCUT2D eigenvalue weighted by Gasteiger charge is -2.19. The first kappa shape index (κ1) is 21.1. The molecule has 0 spiro atoms. The minimum absolute atomic E-state index is 0.115. The number of benzene rings is 2. The van der Waals surface area contributed by atoms with Crippen LogP contribution >= 0.6 is 11.3 Å². The molecule has 4 nitrogen and oxygen atoms in total. The molecule has 0 saturated carbocycles. The Morgan fingerprint density at radius 3 is 2.45 bits per heavy atom. The Hall–Kier alpha value is -2.66. The van der Waals surface area contributed by atoms with Crippen LogP contribution in [0.4, 0.5) is 5.69 Å². The second kappa shape index (κ2) is 8.78. The largest absolute Gasteiger partial charge is 0.486 e. The van der Waals surface area contributed by atoms with E-state index in [9.17, 15) is 4.79 Å². The van der Waals surface area contributed by atoms with E-state index < -0.39 is 0 Å². The van der Waals surface area contributed by atoms with Crippen molar-refractivity contribution in [3.05, 3.63) is 75.2 Å². The van der Waals surface area contributed by atoms with Gasteiger partial charge in [0.15, 0.2) is 0 Å². The van der Waals surface area contributed by atoms with Crippen molar-refractivity contribution < 1.29 is 9.53 Å². The summed E-state index contributed by atoms with van der Waals surface area (Å²) < 4.78 is 5.88. The van der Waals surface area contributed by atoms with Gasteiger partial charge in [0.25, 0.3) is 5.91 Å². The molecule has 3 aromatic rings. The summed E-state index contributed by atoms with van der Waals surface area (Å²) in [5.41, 5.74) is 4.07. The molecule has 0 bridgehead atoms. The molecule has 2 aromatic carbocycles. The molecule has 1 aromatic heterocycles. The zero-order valence-electron chi connectivity index (χ0n) is 17.7. The van der Waals surface area contributed by atoms with E-state index in [-0.39, 0.29) is 11.3 Å². The predicted molar refractivity (Wildman–Crippen MR) is 120 cm³/mol. The van der Waals surface area contributed by atoms with Gasteiger partial charge in [-0.15, -0.1) is 11.3 Å². The summed E-state index contributed by atoms with van der Waals surface area (Å²) in [6.45, 7) is 10.8. The normalized spacial score (nSPS) is 11.3. The van der Waals surface area contributed by atoms with Gasteiger partial charge in [0, 0.05) is 5.69 Å². The van der Waals surface area contributed by atoms with Gasteiger partial charge in [-0.3, -0.25) is 4.79 Å². The monoisotopic (exact) mass is 408 g/mol. The lowest BCUT2D eigenvalue weighted by Crippen LogP contribution is -2.12. The molecule has 29 heavy (non-hydrogen) atoms. The molecule has 1 amide bonds. The molecule has 0 unspecified atom stereocenters. The standard InChI is InChI=1S/C24H28N2O2S/c1-6-17-9-7-8-10-20(17)26-23(27)22-16(2)25-21(29-22)15-28-19-13-11-18(12-14-19)24(3,4)5/h7-14H,6,15H2,1-5H3,(H,26,27). The summed E-state index contributed by atoms with van der Waals surface area (Å²) in [5, 5.41) is 3.80. The maximum absolute atomic E-state index is 12.7. The highest BCUT2D eigenvalue weighted by atomic mass is 32.1. The molecule has 0 saturated heterocycles. The van der Waals surface area contributed by atoms with Crippen LogP contribution in [0.15, 0.2) is 48.5 Å². The van der Waals surface area contributed by atoms with Gasteiger partial charge in [-0.2, -0.15) is 0 Å². The molecule has 0 aliphatic heterocycles. The number of carbonyl (C=O) groups is 1. The zero-order chi connectivity index (χ0) is 21.0. The van der Waals surface area contributed by atoms with Gasteiger partial charge in [0.1, 0.15) is 22.2 Å². The smallest absolute Gasteiger partial charge is 0.267 e. The van der Waals surface area contributed by atoms with E-state index in [0.717, 1.165) is 34.1 Å². The first-order valence-electron chi connectivity index (χ1n) is 9.87. The first-order chi connectivity index (χ1) is 13.8. The lowest BCUT2D eigenvalue weighted by molar-refractivity contribution is 0.102. The quantitative estimate of drug-likeness (QED) is 0.533. The van der Waals surface area contributed by atoms with E-state index in [1.165, 1.54) is 16.9 Å². The summed E-state index contributed by atoms with van der Waals surface area (Å²) in [4.78, 5) is 17.9. The van der Waals surface area contributed by atoms with Gasteiger partial charge in [-0.25, -0.2) is 4.98 Å². The van der Waals surface area contributed by atoms with Gasteiger partial charge in [-0.05, 0) is 48.1 Å². The van der Waals surface area contributed by atoms with Crippen LogP contribution < -0.4 is 10.1 Å². The number of rotatable bonds is 6. The number of nitrogens with one attached hydrogen (secondary N) is 1. The van der Waals surface area contributed by atoms with Crippen LogP contribution in [-0.2, 0) is 18.4 Å². The molecule has 1 N–H and O–H groups in total. The van der Waals surface area contributed by atoms with E-state index in [4.69, 9.17) is 4.74 Å². The Labute approximate surface area is 177 Å². The Balaban J connectivity index is 1.66. The van der Waals surface area contributed by atoms with Crippen molar-refractivity contribution in [2.75, 3.05) is 5.32 Å². The number of ether oxygens (including phenoxy) is 1. The zero-order valence-corrected chi connectivity index (χ0v) is 18.5. The predicted octanol–water partition coefficient (Wildman–Crippen LogP) is 6.14. The van der Waals surface area contributed by atoms with Gasteiger partial charge in [0.2, 0.25) is 0 Å². The summed E-state index contributed by atoms with van der Waals surface area (Å²) in [6, 6.07) is 16.0. The van der Waals surface area contributed by atoms with Crippen LogP contribution in [0.5, 0.6) is 5.75 Å². The Morgan fingerprint density at radius 2 is 1.79 bits per heavy atom. The fourth-order valence-electron chi connectivity index (χ4n) is 3.05. The second-order valence-corrected chi connectivity index (χ2v) is 9.13. The molecular weight excluding hydrogens is 380 g/mol. The maximum atomic E-state index is 12.7. The molecule has 152 valence electrons. The van der Waals surface area contributed by atoms with E-state index in [0.29, 0.717) is 11.5 Å². The SMILES string of the molecule is CCc1ccccc1NC(=O)c1sc(COc2ccc(C(C)(C)C)cc2)nc1C. The minimum atomic E-state index is -0.123. The van der Waals surface area contributed by atoms with Gasteiger partial charge >= 0.3 is 0 Å². The first-order valence-corrected chi connectivity index (χ1v) is 10.7. The highest BCUT2D eigenvalue weighted by Crippen LogP contribution is 2.26. The van der Waals surface area contributed by atoms with Crippen molar-refractivity contribution in [3.8, 4) is 5.75 Å². The number of hydrogen-bond donors (Lipinski definition) is 1. The number of nitrogens with zero attached hydrogens (tertiary/aromatic N) is 1. The van der Waals surface area contributed by atoms with E-state index in [2.05, 4.69) is 50.1 Å². The third kappa shape index (κ3) is 5.24. The number of aryl methyl sites for hydroxylation is 2. The maximum Gasteiger partial charge on any atom is 0.267 e. The third-order valence-electron chi connectivity index (χ3n) is 4.78. The van der Waals surface area contributed by atoms with E-state index >= 15 is 0 Å². The molecule has 0 fully saturated rings. The summed E-state index contributed by atoms with van der Waals surface area (Å²) >= 11 is 1.38. The molecule has 0 aliphatic rings. The van der Waals surface area contributed by atoms with Gasteiger partial charge < -0.3 is 10.1 Å². The Bertz CT molecular complexity index is 985. The van der Waals surface area contributed by atoms with Crippen LogP contribution in [0.1, 0.15) is 59.2 Å². The summed E-state index contributed by atoms with van der Waals surface area (Å²) in [7, 11) is 0. The van der Waals surface area contributed by atoms with Crippen molar-refractivity contribution in [2.24, 2.45) is 0 Å². The van der Waals surface area contributed by atoms with Crippen molar-refractivity contribution in [3.63, 3.8) is 0 Å². The fourth-order valence-corrected chi connectivity index (χ4v) is 3.92. The Morgan fingerprint density at radius 1 is 1.10 bits per heavy atom. The average molecular weight is 409 g/mol. The summed E-state index contributed by atoms with van der Waals surface area (Å²) in [6.07, 6.45) is 0.866. The molecule has 0 aliphatic carbocycles. The molecule has 0 atom stereocenters. The third-order valence-corrected chi connectivity index (χ3v) is 5.91. The number of carbonyl (C=O) groups excluding carboxylic acids is 1. The van der Waals surface area contributed by atoms with Crippen molar-refractivity contribution in [2.45, 2.75) is 53.1 Å². The van der Waals surface area contributed by atoms with Crippen LogP contribution in [-0.4, -0.2) is 10.9 Å². The lowest BCUT2D eigenvalue weighted by atomic mass is 9.87. The fraction of sp³-hybridized carbons (Fsp3) is 0.333. The number of thiazole rings is 1. The Kier molecular flexibility index (Phi) is 6.38. The van der Waals surface area contributed by atoms with Crippen LogP contribution in [0.3, 0.4) is 0 Å². The number of anilines is 1. The van der Waals surface area contributed by atoms with Crippen LogP contribution in [0.2, 0.25) is 0 Å². The molecule has 0 radical (unpaired) electrons. The van der Waals surface area contributed by atoms with Crippen LogP contribution in [0.25, 0.3) is 0 Å². The van der Waals surface area contributed by atoms with Crippen molar-refractivity contribution in [1.82, 2.24) is 4.98 Å². The summed E-state index contributed by atoms with van der Waals surface area (Å²) in [5.74, 6) is 0.676. The molecule has 5 heteroatoms. The van der Waals surface area contributed by atoms with E-state index in [1.54, 1.807) is 0 Å². The minimum Gasteiger partial charge on any atom is -0.486 e. The highest BCUT2D eigenvalue weighted by Gasteiger charge is 2.17. The van der Waals surface area contributed by atoms with Crippen LogP contribution in [0, 0.1) is 6.92 Å². The second-order valence-electron chi connectivity index (χ2n) is 8.05. The number of aromatic nitrogens is 1. The van der Waals surface area contributed by atoms with Gasteiger partial charge in [0.05, 0.1) is 5.69 Å². The molecule has 1 heterocycles. The van der Waals surface area contributed by atoms with Crippen molar-refractivity contribution in [1.29, 1.82) is 0 Å². The van der Waals surface area contributed by atoms with Gasteiger partial charge in [-0.1, -0.05) is 58.0 Å². The average Bonchev–Trinajstić information content (AvgIpc) is 3.07. The highest BCUT2D eigenvalue weighted by molar-refractivity contribution is 7.13. The number of amides is 1. The van der Waals surface area contributed by atoms with E-state index in [1.807, 2.05) is 43.3 Å². The number of para-hydroxylation sites is 1.